The van der Waals surface area contributed by atoms with Crippen LogP contribution in [0.1, 0.15) is 6.92 Å². The average Bonchev–Trinajstić information content (AvgIpc) is 2.44. The van der Waals surface area contributed by atoms with Crippen molar-refractivity contribution in [3.05, 3.63) is 29.3 Å². The highest BCUT2D eigenvalue weighted by atomic mass is 35.5. The summed E-state index contributed by atoms with van der Waals surface area (Å²) in [6.45, 7) is 0.884. The second-order valence-electron chi connectivity index (χ2n) is 4.69. The molecule has 0 saturated heterocycles. The number of rotatable bonds is 6. The summed E-state index contributed by atoms with van der Waals surface area (Å²) in [6.07, 6.45) is 0. The maximum absolute atomic E-state index is 12.1. The Morgan fingerprint density at radius 2 is 1.82 bits per heavy atom. The molecule has 22 heavy (non-hydrogen) atoms. The van der Waals surface area contributed by atoms with Crippen LogP contribution in [0, 0.1) is 0 Å². The summed E-state index contributed by atoms with van der Waals surface area (Å²) in [5.74, 6) is -1.24. The summed E-state index contributed by atoms with van der Waals surface area (Å²) in [7, 11) is -0.848. The monoisotopic (exact) mass is 348 g/mol. The number of halogens is 1. The van der Waals surface area contributed by atoms with Gasteiger partial charge in [0.15, 0.2) is 6.61 Å². The quantitative estimate of drug-likeness (QED) is 0.761. The third-order valence-corrected chi connectivity index (χ3v) is 4.45. The van der Waals surface area contributed by atoms with Crippen molar-refractivity contribution in [3.8, 4) is 0 Å². The molecule has 7 nitrogen and oxygen atoms in total. The van der Waals surface area contributed by atoms with Crippen LogP contribution in [-0.4, -0.2) is 51.9 Å². The molecule has 1 aromatic rings. The maximum Gasteiger partial charge on any atom is 0.324 e. The van der Waals surface area contributed by atoms with Gasteiger partial charge in [-0.1, -0.05) is 11.6 Å². The van der Waals surface area contributed by atoms with E-state index in [1.807, 2.05) is 0 Å². The summed E-state index contributed by atoms with van der Waals surface area (Å²) in [4.78, 5) is 24.2. The summed E-state index contributed by atoms with van der Waals surface area (Å²) >= 11 is 5.69. The first-order valence-electron chi connectivity index (χ1n) is 6.28. The number of amides is 1. The molecule has 0 saturated carbocycles. The van der Waals surface area contributed by atoms with Crippen LogP contribution >= 0.6 is 11.6 Å². The molecule has 0 aromatic heterocycles. The minimum atomic E-state index is -3.88. The molecule has 0 spiro atoms. The highest BCUT2D eigenvalue weighted by Gasteiger charge is 2.23. The molecule has 0 aliphatic rings. The lowest BCUT2D eigenvalue weighted by molar-refractivity contribution is -0.152. The molecule has 0 bridgehead atoms. The highest BCUT2D eigenvalue weighted by molar-refractivity contribution is 7.89. The number of carbonyl (C=O) groups is 2. The lowest BCUT2D eigenvalue weighted by atomic mass is 10.4. The molecule has 0 fully saturated rings. The number of sulfonamides is 1. The maximum atomic E-state index is 12.1. The number of likely N-dealkylation sites (N-methyl/N-ethyl adjacent to an activating group) is 1. The molecular weight excluding hydrogens is 332 g/mol. The Morgan fingerprint density at radius 3 is 2.32 bits per heavy atom. The fourth-order valence-corrected chi connectivity index (χ4v) is 2.67. The van der Waals surface area contributed by atoms with E-state index in [-0.39, 0.29) is 4.90 Å². The standard InChI is InChI=1S/C13H17ClN2O5S/c1-9(13(18)21-8-12(17)16(2)3)15-22(19,20)11-6-4-10(14)5-7-11/h4-7,9,15H,8H2,1-3H3/t9-/m0/s1. The number of hydrogen-bond donors (Lipinski definition) is 1. The van der Waals surface area contributed by atoms with Crippen LogP contribution in [0.4, 0.5) is 0 Å². The SMILES string of the molecule is C[C@H](NS(=O)(=O)c1ccc(Cl)cc1)C(=O)OCC(=O)N(C)C. The summed E-state index contributed by atoms with van der Waals surface area (Å²) in [6, 6.07) is 4.36. The molecule has 0 radical (unpaired) electrons. The molecule has 1 aromatic carbocycles. The highest BCUT2D eigenvalue weighted by Crippen LogP contribution is 2.14. The number of nitrogens with one attached hydrogen (secondary N) is 1. The predicted molar refractivity (Wildman–Crippen MR) is 80.9 cm³/mol. The minimum absolute atomic E-state index is 0.0269. The summed E-state index contributed by atoms with van der Waals surface area (Å²) in [5.41, 5.74) is 0. The van der Waals surface area contributed by atoms with Gasteiger partial charge < -0.3 is 9.64 Å². The van der Waals surface area contributed by atoms with E-state index in [1.165, 1.54) is 50.2 Å². The Hall–Kier alpha value is -1.64. The number of carbonyl (C=O) groups excluding carboxylic acids is 2. The zero-order chi connectivity index (χ0) is 16.9. The zero-order valence-corrected chi connectivity index (χ0v) is 13.9. The largest absolute Gasteiger partial charge is 0.454 e. The normalized spacial score (nSPS) is 12.5. The van der Waals surface area contributed by atoms with Crippen LogP contribution in [0.15, 0.2) is 29.2 Å². The van der Waals surface area contributed by atoms with Crippen molar-refractivity contribution in [1.82, 2.24) is 9.62 Å². The Bertz CT molecular complexity index is 643. The first-order valence-corrected chi connectivity index (χ1v) is 8.14. The second-order valence-corrected chi connectivity index (χ2v) is 6.84. The van der Waals surface area contributed by atoms with Gasteiger partial charge in [0.05, 0.1) is 4.90 Å². The fraction of sp³-hybridized carbons (Fsp3) is 0.385. The smallest absolute Gasteiger partial charge is 0.324 e. The van der Waals surface area contributed by atoms with Crippen LogP contribution in [0.5, 0.6) is 0 Å². The fourth-order valence-electron chi connectivity index (χ4n) is 1.35. The van der Waals surface area contributed by atoms with Gasteiger partial charge in [-0.15, -0.1) is 0 Å². The van der Waals surface area contributed by atoms with Gasteiger partial charge in [0.2, 0.25) is 10.0 Å². The first-order chi connectivity index (χ1) is 10.1. The molecule has 0 heterocycles. The van der Waals surface area contributed by atoms with Gasteiger partial charge in [0.25, 0.3) is 5.91 Å². The number of ether oxygens (including phenoxy) is 1. The summed E-state index contributed by atoms with van der Waals surface area (Å²) in [5, 5.41) is 0.397. The Labute approximate surface area is 134 Å². The lowest BCUT2D eigenvalue weighted by Gasteiger charge is -2.15. The molecule has 122 valence electrons. The van der Waals surface area contributed by atoms with E-state index in [1.54, 1.807) is 0 Å². The number of benzene rings is 1. The van der Waals surface area contributed by atoms with Crippen molar-refractivity contribution in [1.29, 1.82) is 0 Å². The van der Waals surface area contributed by atoms with Crippen LogP contribution < -0.4 is 4.72 Å². The second kappa shape index (κ2) is 7.57. The van der Waals surface area contributed by atoms with Crippen LogP contribution in [0.3, 0.4) is 0 Å². The molecule has 1 amide bonds. The molecule has 1 atom stereocenters. The topological polar surface area (TPSA) is 92.8 Å². The van der Waals surface area contributed by atoms with Gasteiger partial charge >= 0.3 is 5.97 Å². The van der Waals surface area contributed by atoms with Crippen molar-refractivity contribution in [2.24, 2.45) is 0 Å². The molecule has 0 aliphatic heterocycles. The van der Waals surface area contributed by atoms with Gasteiger partial charge in [0.1, 0.15) is 6.04 Å². The molecular formula is C13H17ClN2O5S. The van der Waals surface area contributed by atoms with Crippen molar-refractivity contribution >= 4 is 33.5 Å². The number of esters is 1. The third-order valence-electron chi connectivity index (χ3n) is 2.65. The lowest BCUT2D eigenvalue weighted by Crippen LogP contribution is -2.40. The van der Waals surface area contributed by atoms with Crippen molar-refractivity contribution in [3.63, 3.8) is 0 Å². The Balaban J connectivity index is 2.66. The van der Waals surface area contributed by atoms with E-state index in [4.69, 9.17) is 16.3 Å². The molecule has 9 heteroatoms. The van der Waals surface area contributed by atoms with Gasteiger partial charge in [-0.3, -0.25) is 9.59 Å². The van der Waals surface area contributed by atoms with Crippen LogP contribution in [0.25, 0.3) is 0 Å². The van der Waals surface area contributed by atoms with E-state index in [0.29, 0.717) is 5.02 Å². The van der Waals surface area contributed by atoms with Gasteiger partial charge in [-0.05, 0) is 31.2 Å². The van der Waals surface area contributed by atoms with Gasteiger partial charge in [-0.2, -0.15) is 4.72 Å². The van der Waals surface area contributed by atoms with Gasteiger partial charge in [-0.25, -0.2) is 8.42 Å². The summed E-state index contributed by atoms with van der Waals surface area (Å²) < 4.78 is 31.1. The van der Waals surface area contributed by atoms with E-state index in [0.717, 1.165) is 0 Å². The van der Waals surface area contributed by atoms with Crippen molar-refractivity contribution in [2.45, 2.75) is 17.9 Å². The van der Waals surface area contributed by atoms with Crippen LogP contribution in [0.2, 0.25) is 5.02 Å². The Morgan fingerprint density at radius 1 is 1.27 bits per heavy atom. The predicted octanol–water partition coefficient (Wildman–Crippen LogP) is 0.638. The van der Waals surface area contributed by atoms with Crippen molar-refractivity contribution in [2.75, 3.05) is 20.7 Å². The minimum Gasteiger partial charge on any atom is -0.454 e. The van der Waals surface area contributed by atoms with E-state index in [9.17, 15) is 18.0 Å². The average molecular weight is 349 g/mol. The van der Waals surface area contributed by atoms with Crippen LogP contribution in [-0.2, 0) is 24.3 Å². The molecule has 1 N–H and O–H groups in total. The third kappa shape index (κ3) is 5.28. The van der Waals surface area contributed by atoms with E-state index >= 15 is 0 Å². The zero-order valence-electron chi connectivity index (χ0n) is 12.4. The Kier molecular flexibility index (Phi) is 6.34. The molecule has 0 aliphatic carbocycles. The van der Waals surface area contributed by atoms with E-state index in [2.05, 4.69) is 4.72 Å². The van der Waals surface area contributed by atoms with Gasteiger partial charge in [0, 0.05) is 19.1 Å². The number of hydrogen-bond acceptors (Lipinski definition) is 5. The molecule has 1 rings (SSSR count). The molecule has 0 unspecified atom stereocenters. The first kappa shape index (κ1) is 18.4. The van der Waals surface area contributed by atoms with Crippen molar-refractivity contribution < 1.29 is 22.7 Å². The number of nitrogens with zero attached hydrogens (tertiary/aromatic N) is 1. The van der Waals surface area contributed by atoms with E-state index < -0.39 is 34.5 Å².